The summed E-state index contributed by atoms with van der Waals surface area (Å²) in [4.78, 5) is 3.83. The lowest BCUT2D eigenvalue weighted by Crippen LogP contribution is -2.00. The lowest BCUT2D eigenvalue weighted by Gasteiger charge is -2.02. The Morgan fingerprint density at radius 1 is 1.47 bits per heavy atom. The van der Waals surface area contributed by atoms with Crippen LogP contribution in [0.15, 0.2) is 16.6 Å². The van der Waals surface area contributed by atoms with E-state index in [1.807, 2.05) is 0 Å². The van der Waals surface area contributed by atoms with E-state index in [9.17, 15) is 8.60 Å². The molecule has 1 aromatic rings. The van der Waals surface area contributed by atoms with Crippen molar-refractivity contribution in [2.45, 2.75) is 19.8 Å². The molecule has 0 N–H and O–H groups in total. The van der Waals surface area contributed by atoms with Gasteiger partial charge in [-0.3, -0.25) is 0 Å². The monoisotopic (exact) mass is 228 g/mol. The maximum atomic E-state index is 13.5. The highest BCUT2D eigenvalue weighted by molar-refractivity contribution is 7.93. The van der Waals surface area contributed by atoms with Gasteiger partial charge in [0.1, 0.15) is 0 Å². The van der Waals surface area contributed by atoms with E-state index in [1.54, 1.807) is 13.0 Å². The standard InChI is InChI=1S/C10H13FN2OS/c1-8-4-5-12-10(9(8)11)13-15(14)6-2-3-7-15/h4-5H,2-3,6-7H2,1H3. The Hall–Kier alpha value is -0.970. The van der Waals surface area contributed by atoms with Crippen LogP contribution >= 0.6 is 0 Å². The third kappa shape index (κ3) is 2.17. The van der Waals surface area contributed by atoms with Gasteiger partial charge in [-0.1, -0.05) is 0 Å². The molecule has 0 spiro atoms. The molecule has 0 unspecified atom stereocenters. The van der Waals surface area contributed by atoms with E-state index < -0.39 is 15.5 Å². The number of aromatic nitrogens is 1. The molecule has 1 aliphatic heterocycles. The van der Waals surface area contributed by atoms with Gasteiger partial charge in [-0.15, -0.1) is 0 Å². The zero-order valence-corrected chi connectivity index (χ0v) is 9.39. The quantitative estimate of drug-likeness (QED) is 0.740. The predicted molar refractivity (Wildman–Crippen MR) is 58.1 cm³/mol. The number of rotatable bonds is 1. The summed E-state index contributed by atoms with van der Waals surface area (Å²) < 4.78 is 29.6. The molecule has 15 heavy (non-hydrogen) atoms. The van der Waals surface area contributed by atoms with Crippen LogP contribution in [0.25, 0.3) is 0 Å². The van der Waals surface area contributed by atoms with Crippen molar-refractivity contribution in [3.8, 4) is 0 Å². The van der Waals surface area contributed by atoms with Crippen molar-refractivity contribution in [1.82, 2.24) is 4.98 Å². The number of nitrogens with zero attached hydrogens (tertiary/aromatic N) is 2. The first-order chi connectivity index (χ1) is 7.11. The minimum Gasteiger partial charge on any atom is -0.249 e. The molecule has 1 saturated heterocycles. The zero-order chi connectivity index (χ0) is 10.9. The molecule has 0 aromatic carbocycles. The van der Waals surface area contributed by atoms with E-state index in [2.05, 4.69) is 9.35 Å². The van der Waals surface area contributed by atoms with E-state index in [4.69, 9.17) is 0 Å². The first kappa shape index (κ1) is 10.5. The van der Waals surface area contributed by atoms with Gasteiger partial charge < -0.3 is 0 Å². The van der Waals surface area contributed by atoms with Crippen molar-refractivity contribution in [1.29, 1.82) is 0 Å². The van der Waals surface area contributed by atoms with Gasteiger partial charge >= 0.3 is 0 Å². The molecule has 1 fully saturated rings. The number of aryl methyl sites for hydroxylation is 1. The molecule has 3 nitrogen and oxygen atoms in total. The molecule has 1 aromatic heterocycles. The molecule has 0 saturated carbocycles. The summed E-state index contributed by atoms with van der Waals surface area (Å²) >= 11 is 0. The second-order valence-corrected chi connectivity index (χ2v) is 6.29. The van der Waals surface area contributed by atoms with Crippen molar-refractivity contribution >= 4 is 15.5 Å². The summed E-state index contributed by atoms with van der Waals surface area (Å²) in [5, 5.41) is 0. The summed E-state index contributed by atoms with van der Waals surface area (Å²) in [7, 11) is -2.22. The molecule has 5 heteroatoms. The highest BCUT2D eigenvalue weighted by Crippen LogP contribution is 2.22. The fourth-order valence-corrected chi connectivity index (χ4v) is 3.74. The summed E-state index contributed by atoms with van der Waals surface area (Å²) in [6.45, 7) is 1.65. The molecular weight excluding hydrogens is 215 g/mol. The molecule has 2 rings (SSSR count). The first-order valence-corrected chi connectivity index (χ1v) is 6.80. The van der Waals surface area contributed by atoms with E-state index in [0.717, 1.165) is 12.8 Å². The molecule has 0 atom stereocenters. The molecular formula is C10H13FN2OS. The van der Waals surface area contributed by atoms with Crippen LogP contribution in [0.3, 0.4) is 0 Å². The Morgan fingerprint density at radius 2 is 2.13 bits per heavy atom. The number of pyridine rings is 1. The van der Waals surface area contributed by atoms with Crippen molar-refractivity contribution in [2.24, 2.45) is 4.36 Å². The van der Waals surface area contributed by atoms with Crippen molar-refractivity contribution < 1.29 is 8.60 Å². The Labute approximate surface area is 88.9 Å². The highest BCUT2D eigenvalue weighted by atomic mass is 32.2. The van der Waals surface area contributed by atoms with E-state index >= 15 is 0 Å². The SMILES string of the molecule is Cc1ccnc(N=S2(=O)CCCC2)c1F. The summed E-state index contributed by atoms with van der Waals surface area (Å²) in [5.74, 6) is 0.693. The van der Waals surface area contributed by atoms with Gasteiger partial charge in [-0.2, -0.15) is 4.36 Å². The molecule has 0 bridgehead atoms. The van der Waals surface area contributed by atoms with Crippen LogP contribution in [0.1, 0.15) is 18.4 Å². The van der Waals surface area contributed by atoms with Crippen LogP contribution in [0.5, 0.6) is 0 Å². The lowest BCUT2D eigenvalue weighted by atomic mass is 10.3. The van der Waals surface area contributed by atoms with E-state index in [1.165, 1.54) is 6.20 Å². The van der Waals surface area contributed by atoms with Gasteiger partial charge in [0.05, 0.1) is 9.73 Å². The van der Waals surface area contributed by atoms with Gasteiger partial charge in [0.15, 0.2) is 11.6 Å². The smallest absolute Gasteiger partial charge is 0.197 e. The molecule has 0 radical (unpaired) electrons. The minimum atomic E-state index is -2.22. The van der Waals surface area contributed by atoms with E-state index in [-0.39, 0.29) is 5.82 Å². The van der Waals surface area contributed by atoms with Crippen LogP contribution in [0.2, 0.25) is 0 Å². The maximum absolute atomic E-state index is 13.5. The molecule has 0 amide bonds. The van der Waals surface area contributed by atoms with Gasteiger partial charge in [0, 0.05) is 17.7 Å². The third-order valence-corrected chi connectivity index (χ3v) is 4.85. The van der Waals surface area contributed by atoms with E-state index in [0.29, 0.717) is 17.1 Å². The van der Waals surface area contributed by atoms with Crippen LogP contribution in [0.4, 0.5) is 10.2 Å². The molecule has 2 heterocycles. The number of hydrogen-bond acceptors (Lipinski definition) is 3. The van der Waals surface area contributed by atoms with Crippen molar-refractivity contribution in [3.05, 3.63) is 23.6 Å². The fraction of sp³-hybridized carbons (Fsp3) is 0.500. The second-order valence-electron chi connectivity index (χ2n) is 3.74. The van der Waals surface area contributed by atoms with Gasteiger partial charge in [-0.25, -0.2) is 13.6 Å². The molecule has 1 aliphatic rings. The average Bonchev–Trinajstić information content (AvgIpc) is 2.60. The average molecular weight is 228 g/mol. The van der Waals surface area contributed by atoms with Crippen LogP contribution in [-0.4, -0.2) is 20.7 Å². The van der Waals surface area contributed by atoms with Gasteiger partial charge in [0.2, 0.25) is 0 Å². The Bertz CT molecular complexity index is 480. The van der Waals surface area contributed by atoms with Gasteiger partial charge in [0.25, 0.3) is 0 Å². The normalized spacial score (nSPS) is 19.1. The molecule has 82 valence electrons. The van der Waals surface area contributed by atoms with Gasteiger partial charge in [-0.05, 0) is 31.4 Å². The van der Waals surface area contributed by atoms with Crippen LogP contribution in [0, 0.1) is 12.7 Å². The largest absolute Gasteiger partial charge is 0.249 e. The molecule has 0 aliphatic carbocycles. The minimum absolute atomic E-state index is 0.00176. The topological polar surface area (TPSA) is 42.3 Å². The lowest BCUT2D eigenvalue weighted by molar-refractivity contribution is 0.614. The van der Waals surface area contributed by atoms with Crippen molar-refractivity contribution in [2.75, 3.05) is 11.5 Å². The van der Waals surface area contributed by atoms with Crippen LogP contribution in [-0.2, 0) is 9.73 Å². The first-order valence-electron chi connectivity index (χ1n) is 4.94. The third-order valence-electron chi connectivity index (χ3n) is 2.49. The number of hydrogen-bond donors (Lipinski definition) is 0. The second kappa shape index (κ2) is 3.89. The maximum Gasteiger partial charge on any atom is 0.197 e. The Balaban J connectivity index is 2.47. The highest BCUT2D eigenvalue weighted by Gasteiger charge is 2.18. The summed E-state index contributed by atoms with van der Waals surface area (Å²) in [5.41, 5.74) is 0.491. The fourth-order valence-electron chi connectivity index (χ4n) is 1.60. The van der Waals surface area contributed by atoms with Crippen LogP contribution < -0.4 is 0 Å². The Morgan fingerprint density at radius 3 is 2.80 bits per heavy atom. The summed E-state index contributed by atoms with van der Waals surface area (Å²) in [6, 6.07) is 1.58. The van der Waals surface area contributed by atoms with Crippen molar-refractivity contribution in [3.63, 3.8) is 0 Å². The summed E-state index contributed by atoms with van der Waals surface area (Å²) in [6.07, 6.45) is 3.32. The number of halogens is 1. The Kier molecular flexibility index (Phi) is 2.73. The predicted octanol–water partition coefficient (Wildman–Crippen LogP) is 2.42. The zero-order valence-electron chi connectivity index (χ0n) is 8.57.